The molecule has 285 valence electrons. The molecule has 0 aromatic heterocycles. The van der Waals surface area contributed by atoms with Gasteiger partial charge in [0.2, 0.25) is 0 Å². The molecular weight excluding hydrogens is 955 g/mol. The Labute approximate surface area is 400 Å². The van der Waals surface area contributed by atoms with E-state index in [1.54, 1.807) is 0 Å². The maximum absolute atomic E-state index is 11.5. The molecule has 4 rings (SSSR count). The van der Waals surface area contributed by atoms with Gasteiger partial charge in [-0.1, -0.05) is 71.0 Å². The first kappa shape index (κ1) is 62.5. The third-order valence-corrected chi connectivity index (χ3v) is 12.6. The Morgan fingerprint density at radius 2 is 0.691 bits per heavy atom. The molecule has 0 bridgehead atoms. The van der Waals surface area contributed by atoms with Crippen LogP contribution in [0.1, 0.15) is 34.6 Å². The van der Waals surface area contributed by atoms with Crippen LogP contribution in [-0.2, 0) is 64.6 Å². The van der Waals surface area contributed by atoms with E-state index in [4.69, 9.17) is 17.6 Å². The first-order chi connectivity index (χ1) is 23.1. The molecular formula is C30H27F3Na3O13PRuS4+. The van der Waals surface area contributed by atoms with E-state index in [2.05, 4.69) is 41.3 Å². The molecule has 1 aliphatic carbocycles. The number of benzene rings is 3. The zero-order valence-corrected chi connectivity index (χ0v) is 42.2. The van der Waals surface area contributed by atoms with Crippen molar-refractivity contribution < 1.29 is 178 Å². The second kappa shape index (κ2) is 25.6. The van der Waals surface area contributed by atoms with Crippen molar-refractivity contribution in [1.82, 2.24) is 0 Å². The third-order valence-electron chi connectivity index (χ3n) is 7.19. The molecule has 0 saturated heterocycles. The Bertz CT molecular complexity index is 1920. The van der Waals surface area contributed by atoms with Gasteiger partial charge in [-0.3, -0.25) is 0 Å². The minimum absolute atomic E-state index is 0. The maximum Gasteiger partial charge on any atom is 2.00 e. The van der Waals surface area contributed by atoms with E-state index in [-0.39, 0.29) is 124 Å². The van der Waals surface area contributed by atoms with E-state index in [0.29, 0.717) is 0 Å². The van der Waals surface area contributed by atoms with Crippen LogP contribution < -0.4 is 105 Å². The van der Waals surface area contributed by atoms with E-state index >= 15 is 0 Å². The van der Waals surface area contributed by atoms with E-state index in [0.717, 1.165) is 36.4 Å². The smallest absolute Gasteiger partial charge is 1.00 e. The van der Waals surface area contributed by atoms with E-state index < -0.39 is 68.6 Å². The van der Waals surface area contributed by atoms with E-state index in [1.165, 1.54) is 66.0 Å². The van der Waals surface area contributed by atoms with Gasteiger partial charge in [0.15, 0.2) is 10.1 Å². The van der Waals surface area contributed by atoms with E-state index in [1.807, 2.05) is 0 Å². The van der Waals surface area contributed by atoms with Crippen molar-refractivity contribution in [2.45, 2.75) is 54.8 Å². The third kappa shape index (κ3) is 19.0. The fourth-order valence-corrected chi connectivity index (χ4v) is 8.40. The van der Waals surface area contributed by atoms with Gasteiger partial charge in [0.25, 0.3) is 0 Å². The molecule has 3 aromatic rings. The molecule has 0 unspecified atom stereocenters. The van der Waals surface area contributed by atoms with Crippen LogP contribution in [0.15, 0.2) is 87.5 Å². The minimum Gasteiger partial charge on any atom is 1.00 e. The Kier molecular flexibility index (Phi) is 29.1. The number of alkyl halides is 3. The van der Waals surface area contributed by atoms with Gasteiger partial charge in [-0.2, -0.15) is 13.2 Å². The first-order valence-corrected chi connectivity index (χ1v) is 20.4. The molecule has 0 N–H and O–H groups in total. The molecule has 3 aromatic carbocycles. The summed E-state index contributed by atoms with van der Waals surface area (Å²) in [5, 5.41) is 0.772. The van der Waals surface area contributed by atoms with Crippen LogP contribution >= 0.6 is 7.92 Å². The summed E-state index contributed by atoms with van der Waals surface area (Å²) in [5.74, 6) is 7.34. The Morgan fingerprint density at radius 1 is 0.509 bits per heavy atom. The summed E-state index contributed by atoms with van der Waals surface area (Å²) in [6.45, 7) is 15.5. The van der Waals surface area contributed by atoms with Crippen LogP contribution in [0, 0.1) is 36.2 Å². The molecule has 55 heavy (non-hydrogen) atoms. The monoisotopic (exact) mass is 982 g/mol. The standard InChI is InChI=1S/C18H15O9PS3.C10H15.CHF3O3S.CO.3Na.Ru/c19-29(20,21)16-7-1-4-13(10-16)28(14-5-2-8-17(11-14)30(22,23)24)15-6-3-9-18(12-15)31(25,26)27;1-6-7(2)9(4)10(5)8(6)3;2-1(3,4)8(5,6)7;1-2;;;;/h1-12H,(H,19,20,21)(H,22,23,24)(H,25,26,27);1-5H3;(H,5,6,7);;;;;/q;;;;3*+1;+2/p-4. The largest absolute Gasteiger partial charge is 2.00 e. The van der Waals surface area contributed by atoms with Crippen molar-refractivity contribution in [2.75, 3.05) is 0 Å². The van der Waals surface area contributed by atoms with Crippen LogP contribution in [0.5, 0.6) is 0 Å². The predicted molar refractivity (Wildman–Crippen MR) is 173 cm³/mol. The zero-order valence-electron chi connectivity index (χ0n) is 30.3. The molecule has 0 heterocycles. The van der Waals surface area contributed by atoms with Gasteiger partial charge in [0.05, 0.1) is 14.7 Å². The number of hydrogen-bond acceptors (Lipinski definition) is 12. The molecule has 1 saturated carbocycles. The summed E-state index contributed by atoms with van der Waals surface area (Å²) >= 11 is 0. The molecule has 0 atom stereocenters. The van der Waals surface area contributed by atoms with Crippen LogP contribution in [-0.4, -0.2) is 57.4 Å². The van der Waals surface area contributed by atoms with E-state index in [9.17, 15) is 52.1 Å². The van der Waals surface area contributed by atoms with Crippen molar-refractivity contribution in [2.24, 2.45) is 0 Å². The van der Waals surface area contributed by atoms with Gasteiger partial charge in [0, 0.05) is 0 Å². The molecule has 1 fully saturated rings. The molecule has 5 radical (unpaired) electrons. The van der Waals surface area contributed by atoms with Gasteiger partial charge in [-0.15, -0.1) is 0 Å². The summed E-state index contributed by atoms with van der Waals surface area (Å²) in [6, 6.07) is 14.8. The Morgan fingerprint density at radius 3 is 0.836 bits per heavy atom. The predicted octanol–water partition coefficient (Wildman–Crippen LogP) is -5.85. The fourth-order valence-electron chi connectivity index (χ4n) is 4.19. The SMILES string of the molecule is C[C]1[C](C)[C](C)[C](C)[C]1C.O=S(=O)([O-])C(F)(F)F.O=S(=O)([O-])c1cccc(P(c2cccc(S(=O)(=O)[O-])c2)c2cccc(S(=O)(=O)[O-])c2)c1.[C-]#[O+].[Na+].[Na+].[Na+].[Ru+2]. The topological polar surface area (TPSA) is 249 Å². The zero-order chi connectivity index (χ0) is 39.9. The number of hydrogen-bond donors (Lipinski definition) is 0. The van der Waals surface area contributed by atoms with Crippen LogP contribution in [0.3, 0.4) is 0 Å². The summed E-state index contributed by atoms with van der Waals surface area (Å²) in [5.41, 5.74) is -5.65. The minimum atomic E-state index is -6.09. The van der Waals surface area contributed by atoms with Gasteiger partial charge < -0.3 is 18.2 Å². The molecule has 0 amide bonds. The van der Waals surface area contributed by atoms with Crippen LogP contribution in [0.4, 0.5) is 13.2 Å². The fraction of sp³-hybridized carbons (Fsp3) is 0.200. The summed E-state index contributed by atoms with van der Waals surface area (Å²) in [4.78, 5) is -1.63. The summed E-state index contributed by atoms with van der Waals surface area (Å²) in [7, 11) is -22.4. The molecule has 13 nitrogen and oxygen atoms in total. The molecule has 1 aliphatic rings. The number of halogens is 3. The quantitative estimate of drug-likeness (QED) is 0.0560. The molecule has 25 heteroatoms. The average Bonchev–Trinajstić information content (AvgIpc) is 3.18. The van der Waals surface area contributed by atoms with Crippen molar-refractivity contribution in [3.05, 3.63) is 109 Å². The molecule has 0 spiro atoms. The summed E-state index contributed by atoms with van der Waals surface area (Å²) < 4.78 is 170. The molecule has 0 aliphatic heterocycles. The van der Waals surface area contributed by atoms with Gasteiger partial charge in [0.1, 0.15) is 30.4 Å². The van der Waals surface area contributed by atoms with Gasteiger partial charge >= 0.3 is 125 Å². The van der Waals surface area contributed by atoms with Gasteiger partial charge in [-0.05, 0) is 89.8 Å². The Hall–Kier alpha value is 0.883. The second-order valence-corrected chi connectivity index (χ2v) is 17.9. The number of rotatable bonds is 6. The van der Waals surface area contributed by atoms with Crippen molar-refractivity contribution in [3.63, 3.8) is 0 Å². The van der Waals surface area contributed by atoms with Crippen molar-refractivity contribution in [1.29, 1.82) is 0 Å². The first-order valence-electron chi connectivity index (χ1n) is 13.5. The Balaban J connectivity index is -0.000000450. The average molecular weight is 982 g/mol. The van der Waals surface area contributed by atoms with Crippen molar-refractivity contribution >= 4 is 64.3 Å². The normalized spacial score (nSPS) is 14.5. The van der Waals surface area contributed by atoms with Crippen LogP contribution in [0.25, 0.3) is 0 Å². The van der Waals surface area contributed by atoms with Crippen molar-refractivity contribution in [3.8, 4) is 0 Å². The van der Waals surface area contributed by atoms with Gasteiger partial charge in [-0.25, -0.2) is 33.7 Å². The second-order valence-electron chi connectivity index (χ2n) is 10.2. The summed E-state index contributed by atoms with van der Waals surface area (Å²) in [6.07, 6.45) is 0. The van der Waals surface area contributed by atoms with Crippen LogP contribution in [0.2, 0.25) is 0 Å². The maximum atomic E-state index is 11.5.